The van der Waals surface area contributed by atoms with Crippen LogP contribution < -0.4 is 5.32 Å². The Bertz CT molecular complexity index is 975. The Balaban J connectivity index is 2.02. The van der Waals surface area contributed by atoms with Gasteiger partial charge in [0.2, 0.25) is 5.91 Å². The van der Waals surface area contributed by atoms with Crippen molar-refractivity contribution >= 4 is 21.7 Å². The highest BCUT2D eigenvalue weighted by molar-refractivity contribution is 7.91. The van der Waals surface area contributed by atoms with Crippen molar-refractivity contribution in [1.29, 1.82) is 0 Å². The Kier molecular flexibility index (Phi) is 7.02. The largest absolute Gasteiger partial charge is 0.480 e. The minimum absolute atomic E-state index is 0.0273. The topological polar surface area (TPSA) is 101 Å². The molecule has 0 aliphatic carbocycles. The molecule has 0 aromatic heterocycles. The first-order chi connectivity index (χ1) is 13.5. The first-order valence-corrected chi connectivity index (χ1v) is 10.1. The highest BCUT2D eigenvalue weighted by Crippen LogP contribution is 2.29. The Labute approximate surface area is 165 Å². The molecule has 1 atom stereocenters. The van der Waals surface area contributed by atoms with Gasteiger partial charge in [-0.3, -0.25) is 4.79 Å². The molecule has 0 aliphatic heterocycles. The number of carboxylic acids is 1. The van der Waals surface area contributed by atoms with E-state index in [-0.39, 0.29) is 16.9 Å². The van der Waals surface area contributed by atoms with Gasteiger partial charge in [0.05, 0.1) is 22.6 Å². The van der Waals surface area contributed by atoms with Crippen LogP contribution in [0.3, 0.4) is 0 Å². The van der Waals surface area contributed by atoms with E-state index in [9.17, 15) is 36.3 Å². The summed E-state index contributed by atoms with van der Waals surface area (Å²) in [4.78, 5) is 23.5. The molecule has 0 heterocycles. The number of nitrogens with one attached hydrogen (secondary N) is 1. The van der Waals surface area contributed by atoms with Gasteiger partial charge in [-0.2, -0.15) is 13.2 Å². The SMILES string of the molecule is O=C(Cc1cccc(C(F)(F)F)c1)N[C@@H](CCS(=O)(=O)c1ccccc1)C(=O)O. The predicted octanol–water partition coefficient (Wildman–Crippen LogP) is 2.68. The van der Waals surface area contributed by atoms with Crippen LogP contribution in [0.4, 0.5) is 13.2 Å². The second-order valence-electron chi connectivity index (χ2n) is 6.25. The number of aliphatic carboxylic acids is 1. The average molecular weight is 429 g/mol. The number of sulfone groups is 1. The lowest BCUT2D eigenvalue weighted by Crippen LogP contribution is -2.42. The van der Waals surface area contributed by atoms with Crippen molar-refractivity contribution < 1.29 is 36.3 Å². The Hall–Kier alpha value is -2.88. The number of alkyl halides is 3. The molecule has 0 unspecified atom stereocenters. The van der Waals surface area contributed by atoms with E-state index in [0.717, 1.165) is 18.2 Å². The molecule has 0 aliphatic rings. The van der Waals surface area contributed by atoms with Gasteiger partial charge < -0.3 is 10.4 Å². The van der Waals surface area contributed by atoms with Gasteiger partial charge in [-0.25, -0.2) is 13.2 Å². The standard InChI is InChI=1S/C19H18F3NO5S/c20-19(21,22)14-6-4-5-13(11-14)12-17(24)23-16(18(25)26)9-10-29(27,28)15-7-2-1-3-8-15/h1-8,11,16H,9-10,12H2,(H,23,24)(H,25,26)/t16-/m0/s1. The van der Waals surface area contributed by atoms with Gasteiger partial charge in [-0.1, -0.05) is 36.4 Å². The molecule has 156 valence electrons. The molecule has 0 saturated heterocycles. The Morgan fingerprint density at radius 1 is 1.03 bits per heavy atom. The Morgan fingerprint density at radius 2 is 1.69 bits per heavy atom. The third-order valence-electron chi connectivity index (χ3n) is 4.03. The van der Waals surface area contributed by atoms with Gasteiger partial charge >= 0.3 is 12.1 Å². The van der Waals surface area contributed by atoms with Crippen molar-refractivity contribution in [2.24, 2.45) is 0 Å². The smallest absolute Gasteiger partial charge is 0.416 e. The number of amides is 1. The highest BCUT2D eigenvalue weighted by Gasteiger charge is 2.30. The van der Waals surface area contributed by atoms with Crippen LogP contribution in [-0.2, 0) is 32.0 Å². The first-order valence-electron chi connectivity index (χ1n) is 8.45. The fourth-order valence-electron chi connectivity index (χ4n) is 2.56. The maximum Gasteiger partial charge on any atom is 0.416 e. The minimum atomic E-state index is -4.57. The molecule has 10 heteroatoms. The average Bonchev–Trinajstić information content (AvgIpc) is 2.65. The molecule has 1 amide bonds. The van der Waals surface area contributed by atoms with Crippen molar-refractivity contribution in [2.75, 3.05) is 5.75 Å². The third kappa shape index (κ3) is 6.60. The summed E-state index contributed by atoms with van der Waals surface area (Å²) in [5.74, 6) is -2.78. The monoisotopic (exact) mass is 429 g/mol. The summed E-state index contributed by atoms with van der Waals surface area (Å²) in [5.41, 5.74) is -0.870. The minimum Gasteiger partial charge on any atom is -0.480 e. The number of benzene rings is 2. The van der Waals surface area contributed by atoms with Gasteiger partial charge in [0.1, 0.15) is 6.04 Å². The fraction of sp³-hybridized carbons (Fsp3) is 0.263. The molecular formula is C19H18F3NO5S. The molecule has 0 bridgehead atoms. The van der Waals surface area contributed by atoms with Gasteiger partial charge in [0, 0.05) is 0 Å². The third-order valence-corrected chi connectivity index (χ3v) is 5.79. The summed E-state index contributed by atoms with van der Waals surface area (Å²) in [6, 6.07) is 10.0. The zero-order chi connectivity index (χ0) is 21.7. The molecule has 2 N–H and O–H groups in total. The van der Waals surface area contributed by atoms with Crippen LogP contribution in [0, 0.1) is 0 Å². The number of carbonyl (C=O) groups is 2. The van der Waals surface area contributed by atoms with Gasteiger partial charge in [0.25, 0.3) is 0 Å². The molecule has 29 heavy (non-hydrogen) atoms. The van der Waals surface area contributed by atoms with E-state index in [1.165, 1.54) is 30.3 Å². The van der Waals surface area contributed by atoms with Gasteiger partial charge in [-0.05, 0) is 30.2 Å². The quantitative estimate of drug-likeness (QED) is 0.672. The maximum atomic E-state index is 12.7. The Morgan fingerprint density at radius 3 is 2.28 bits per heavy atom. The lowest BCUT2D eigenvalue weighted by atomic mass is 10.1. The second kappa shape index (κ2) is 9.08. The predicted molar refractivity (Wildman–Crippen MR) is 97.8 cm³/mol. The summed E-state index contributed by atoms with van der Waals surface area (Å²) >= 11 is 0. The molecule has 0 saturated carbocycles. The number of halogens is 3. The zero-order valence-corrected chi connectivity index (χ0v) is 15.8. The molecule has 2 aromatic rings. The van der Waals surface area contributed by atoms with Crippen LogP contribution in [0.2, 0.25) is 0 Å². The summed E-state index contributed by atoms with van der Waals surface area (Å²) < 4.78 is 62.7. The lowest BCUT2D eigenvalue weighted by molar-refractivity contribution is -0.141. The molecule has 0 radical (unpaired) electrons. The van der Waals surface area contributed by atoms with E-state index < -0.39 is 51.7 Å². The molecule has 6 nitrogen and oxygen atoms in total. The number of rotatable bonds is 8. The second-order valence-corrected chi connectivity index (χ2v) is 8.36. The van der Waals surface area contributed by atoms with Gasteiger partial charge in [0.15, 0.2) is 9.84 Å². The number of carbonyl (C=O) groups excluding carboxylic acids is 1. The van der Waals surface area contributed by atoms with Crippen LogP contribution in [0.1, 0.15) is 17.5 Å². The van der Waals surface area contributed by atoms with Crippen molar-refractivity contribution in [3.8, 4) is 0 Å². The number of hydrogen-bond acceptors (Lipinski definition) is 4. The van der Waals surface area contributed by atoms with Crippen LogP contribution in [0.5, 0.6) is 0 Å². The van der Waals surface area contributed by atoms with E-state index in [0.29, 0.717) is 0 Å². The molecule has 0 fully saturated rings. The van der Waals surface area contributed by atoms with E-state index in [4.69, 9.17) is 0 Å². The molecule has 2 aromatic carbocycles. The lowest BCUT2D eigenvalue weighted by Gasteiger charge is -2.15. The van der Waals surface area contributed by atoms with Crippen molar-refractivity contribution in [2.45, 2.75) is 30.0 Å². The first kappa shape index (κ1) is 22.4. The molecule has 2 rings (SSSR count). The number of hydrogen-bond donors (Lipinski definition) is 2. The van der Waals surface area contributed by atoms with Crippen molar-refractivity contribution in [3.63, 3.8) is 0 Å². The van der Waals surface area contributed by atoms with Crippen LogP contribution in [0.25, 0.3) is 0 Å². The van der Waals surface area contributed by atoms with E-state index >= 15 is 0 Å². The van der Waals surface area contributed by atoms with Gasteiger partial charge in [-0.15, -0.1) is 0 Å². The zero-order valence-electron chi connectivity index (χ0n) is 15.0. The van der Waals surface area contributed by atoms with Crippen molar-refractivity contribution in [3.05, 3.63) is 65.7 Å². The van der Waals surface area contributed by atoms with E-state index in [1.807, 2.05) is 0 Å². The summed E-state index contributed by atoms with van der Waals surface area (Å²) in [5, 5.41) is 11.4. The molecule has 0 spiro atoms. The maximum absolute atomic E-state index is 12.7. The molecular weight excluding hydrogens is 411 g/mol. The van der Waals surface area contributed by atoms with E-state index in [1.54, 1.807) is 6.07 Å². The van der Waals surface area contributed by atoms with Crippen LogP contribution >= 0.6 is 0 Å². The summed E-state index contributed by atoms with van der Waals surface area (Å²) in [6.07, 6.45) is -5.43. The van der Waals surface area contributed by atoms with Crippen LogP contribution in [0.15, 0.2) is 59.5 Å². The summed E-state index contributed by atoms with van der Waals surface area (Å²) in [7, 11) is -3.75. The number of carboxylic acid groups (broad SMARTS) is 1. The highest BCUT2D eigenvalue weighted by atomic mass is 32.2. The summed E-state index contributed by atoms with van der Waals surface area (Å²) in [6.45, 7) is 0. The van der Waals surface area contributed by atoms with E-state index in [2.05, 4.69) is 5.32 Å². The van der Waals surface area contributed by atoms with Crippen molar-refractivity contribution in [1.82, 2.24) is 5.32 Å². The normalized spacial score (nSPS) is 12.9. The fourth-order valence-corrected chi connectivity index (χ4v) is 3.92. The van der Waals surface area contributed by atoms with Crippen LogP contribution in [-0.4, -0.2) is 37.2 Å².